The van der Waals surface area contributed by atoms with Crippen LogP contribution >= 0.6 is 0 Å². The Kier molecular flexibility index (Phi) is 5.34. The standard InChI is InChI=1S/C20H20N2O5/c1-20(2)19(23)21(26-14-16-6-4-3-5-7-16)18(27-20)13-10-15-8-11-17(12-9-15)22(24)25/h3-13,18H,14H2,1-2H3. The molecule has 1 heterocycles. The summed E-state index contributed by atoms with van der Waals surface area (Å²) in [6, 6.07) is 15.6. The summed E-state index contributed by atoms with van der Waals surface area (Å²) >= 11 is 0. The molecule has 2 aromatic carbocycles. The number of nitro benzene ring substituents is 1. The molecular weight excluding hydrogens is 348 g/mol. The molecule has 0 saturated carbocycles. The summed E-state index contributed by atoms with van der Waals surface area (Å²) in [7, 11) is 0. The van der Waals surface area contributed by atoms with Crippen molar-refractivity contribution in [2.75, 3.05) is 0 Å². The minimum absolute atomic E-state index is 0.0217. The van der Waals surface area contributed by atoms with Crippen LogP contribution in [0.4, 0.5) is 5.69 Å². The number of benzene rings is 2. The minimum Gasteiger partial charge on any atom is -0.336 e. The monoisotopic (exact) mass is 368 g/mol. The van der Waals surface area contributed by atoms with Crippen molar-refractivity contribution in [1.29, 1.82) is 0 Å². The molecule has 7 heteroatoms. The summed E-state index contributed by atoms with van der Waals surface area (Å²) in [6.07, 6.45) is 2.74. The first kappa shape index (κ1) is 18.8. The van der Waals surface area contributed by atoms with Gasteiger partial charge in [0, 0.05) is 12.1 Å². The van der Waals surface area contributed by atoms with Crippen molar-refractivity contribution >= 4 is 17.7 Å². The van der Waals surface area contributed by atoms with Gasteiger partial charge in [-0.25, -0.2) is 0 Å². The van der Waals surface area contributed by atoms with Crippen molar-refractivity contribution in [3.05, 3.63) is 81.9 Å². The van der Waals surface area contributed by atoms with Crippen LogP contribution in [-0.2, 0) is 21.0 Å². The zero-order chi connectivity index (χ0) is 19.4. The van der Waals surface area contributed by atoms with Crippen LogP contribution in [0.5, 0.6) is 0 Å². The lowest BCUT2D eigenvalue weighted by molar-refractivity contribution is -0.384. The van der Waals surface area contributed by atoms with Crippen molar-refractivity contribution in [2.45, 2.75) is 32.3 Å². The molecule has 0 radical (unpaired) electrons. The number of hydroxylamine groups is 2. The predicted octanol–water partition coefficient (Wildman–Crippen LogP) is 3.70. The number of hydrogen-bond acceptors (Lipinski definition) is 5. The van der Waals surface area contributed by atoms with Gasteiger partial charge in [-0.1, -0.05) is 36.4 Å². The molecule has 1 aliphatic heterocycles. The first-order valence-electron chi connectivity index (χ1n) is 8.48. The summed E-state index contributed by atoms with van der Waals surface area (Å²) in [5, 5.41) is 12.0. The number of carbonyl (C=O) groups excluding carboxylic acids is 1. The second-order valence-corrected chi connectivity index (χ2v) is 6.62. The Balaban J connectivity index is 1.72. The van der Waals surface area contributed by atoms with Crippen molar-refractivity contribution in [2.24, 2.45) is 0 Å². The second-order valence-electron chi connectivity index (χ2n) is 6.62. The quantitative estimate of drug-likeness (QED) is 0.573. The van der Waals surface area contributed by atoms with Gasteiger partial charge in [0.2, 0.25) is 0 Å². The molecular formula is C20H20N2O5. The molecule has 7 nitrogen and oxygen atoms in total. The molecule has 0 spiro atoms. The lowest BCUT2D eigenvalue weighted by Crippen LogP contribution is -2.37. The molecule has 1 saturated heterocycles. The van der Waals surface area contributed by atoms with Gasteiger partial charge in [0.05, 0.1) is 4.92 Å². The molecule has 0 aliphatic carbocycles. The highest BCUT2D eigenvalue weighted by molar-refractivity contribution is 5.85. The van der Waals surface area contributed by atoms with E-state index in [-0.39, 0.29) is 18.2 Å². The molecule has 0 N–H and O–H groups in total. The Morgan fingerprint density at radius 3 is 2.48 bits per heavy atom. The van der Waals surface area contributed by atoms with Gasteiger partial charge in [0.1, 0.15) is 12.2 Å². The molecule has 0 bridgehead atoms. The number of amides is 1. The number of ether oxygens (including phenoxy) is 1. The average molecular weight is 368 g/mol. The van der Waals surface area contributed by atoms with Crippen LogP contribution in [0.1, 0.15) is 25.0 Å². The fraction of sp³-hybridized carbons (Fsp3) is 0.250. The molecule has 0 aromatic heterocycles. The van der Waals surface area contributed by atoms with Gasteiger partial charge in [-0.15, -0.1) is 0 Å². The van der Waals surface area contributed by atoms with E-state index in [1.54, 1.807) is 38.1 Å². The van der Waals surface area contributed by atoms with E-state index in [1.165, 1.54) is 17.2 Å². The van der Waals surface area contributed by atoms with E-state index in [1.807, 2.05) is 30.3 Å². The SMILES string of the molecule is CC1(C)OC(C=Cc2ccc([N+](=O)[O-])cc2)N(OCc2ccccc2)C1=O. The zero-order valence-corrected chi connectivity index (χ0v) is 15.1. The summed E-state index contributed by atoms with van der Waals surface area (Å²) in [5.74, 6) is -0.267. The topological polar surface area (TPSA) is 81.9 Å². The van der Waals surface area contributed by atoms with E-state index in [4.69, 9.17) is 9.57 Å². The average Bonchev–Trinajstić information content (AvgIpc) is 2.88. The number of non-ortho nitro benzene ring substituents is 1. The fourth-order valence-corrected chi connectivity index (χ4v) is 2.65. The molecule has 140 valence electrons. The number of nitro groups is 1. The third-order valence-corrected chi connectivity index (χ3v) is 4.13. The Morgan fingerprint density at radius 1 is 1.19 bits per heavy atom. The Morgan fingerprint density at radius 2 is 1.85 bits per heavy atom. The number of nitrogens with zero attached hydrogens (tertiary/aromatic N) is 2. The van der Waals surface area contributed by atoms with Gasteiger partial charge in [0.15, 0.2) is 6.23 Å². The Labute approximate surface area is 156 Å². The fourth-order valence-electron chi connectivity index (χ4n) is 2.65. The van der Waals surface area contributed by atoms with Crippen LogP contribution in [0, 0.1) is 10.1 Å². The van der Waals surface area contributed by atoms with Crippen molar-refractivity contribution in [1.82, 2.24) is 5.06 Å². The molecule has 2 aromatic rings. The molecule has 27 heavy (non-hydrogen) atoms. The summed E-state index contributed by atoms with van der Waals surface area (Å²) in [6.45, 7) is 3.62. The minimum atomic E-state index is -0.999. The Hall–Kier alpha value is -3.03. The van der Waals surface area contributed by atoms with Gasteiger partial charge >= 0.3 is 0 Å². The third-order valence-electron chi connectivity index (χ3n) is 4.13. The highest BCUT2D eigenvalue weighted by atomic mass is 16.7. The van der Waals surface area contributed by atoms with Crippen molar-refractivity contribution < 1.29 is 19.3 Å². The van der Waals surface area contributed by atoms with Crippen LogP contribution in [0.15, 0.2) is 60.7 Å². The van der Waals surface area contributed by atoms with E-state index in [2.05, 4.69) is 0 Å². The van der Waals surface area contributed by atoms with E-state index < -0.39 is 16.8 Å². The number of hydrogen-bond donors (Lipinski definition) is 0. The van der Waals surface area contributed by atoms with Crippen molar-refractivity contribution in [3.63, 3.8) is 0 Å². The number of rotatable bonds is 6. The highest BCUT2D eigenvalue weighted by Crippen LogP contribution is 2.29. The van der Waals surface area contributed by atoms with E-state index in [0.717, 1.165) is 11.1 Å². The van der Waals surface area contributed by atoms with Gasteiger partial charge in [-0.2, -0.15) is 5.06 Å². The van der Waals surface area contributed by atoms with Crippen molar-refractivity contribution in [3.8, 4) is 0 Å². The first-order valence-corrected chi connectivity index (χ1v) is 8.48. The normalized spacial score (nSPS) is 19.0. The maximum Gasteiger partial charge on any atom is 0.280 e. The van der Waals surface area contributed by atoms with Crippen LogP contribution in [-0.4, -0.2) is 27.7 Å². The maximum atomic E-state index is 12.6. The summed E-state index contributed by atoms with van der Waals surface area (Å²) in [5.41, 5.74) is 0.715. The van der Waals surface area contributed by atoms with Crippen LogP contribution in [0.25, 0.3) is 6.08 Å². The molecule has 3 rings (SSSR count). The lowest BCUT2D eigenvalue weighted by atomic mass is 10.1. The molecule has 1 unspecified atom stereocenters. The van der Waals surface area contributed by atoms with Gasteiger partial charge in [-0.3, -0.25) is 19.7 Å². The smallest absolute Gasteiger partial charge is 0.280 e. The lowest BCUT2D eigenvalue weighted by Gasteiger charge is -2.19. The zero-order valence-electron chi connectivity index (χ0n) is 15.1. The molecule has 1 amide bonds. The molecule has 1 atom stereocenters. The third kappa shape index (κ3) is 4.39. The van der Waals surface area contributed by atoms with Gasteiger partial charge in [0.25, 0.3) is 11.6 Å². The first-order chi connectivity index (χ1) is 12.9. The largest absolute Gasteiger partial charge is 0.336 e. The second kappa shape index (κ2) is 7.69. The molecule has 1 fully saturated rings. The van der Waals surface area contributed by atoms with E-state index in [9.17, 15) is 14.9 Å². The van der Waals surface area contributed by atoms with Gasteiger partial charge in [-0.05, 0) is 43.2 Å². The van der Waals surface area contributed by atoms with E-state index in [0.29, 0.717) is 0 Å². The summed E-state index contributed by atoms with van der Waals surface area (Å²) in [4.78, 5) is 28.5. The predicted molar refractivity (Wildman–Crippen MR) is 99.2 cm³/mol. The number of carbonyl (C=O) groups is 1. The summed E-state index contributed by atoms with van der Waals surface area (Å²) < 4.78 is 5.80. The van der Waals surface area contributed by atoms with Crippen LogP contribution in [0.2, 0.25) is 0 Å². The maximum absolute atomic E-state index is 12.6. The van der Waals surface area contributed by atoms with Crippen LogP contribution in [0.3, 0.4) is 0 Å². The van der Waals surface area contributed by atoms with Crippen LogP contribution < -0.4 is 0 Å². The Bertz CT molecular complexity index is 846. The molecule has 1 aliphatic rings. The highest BCUT2D eigenvalue weighted by Gasteiger charge is 2.46. The van der Waals surface area contributed by atoms with Gasteiger partial charge < -0.3 is 4.74 Å². The van der Waals surface area contributed by atoms with E-state index >= 15 is 0 Å².